The molecule has 0 aromatic carbocycles. The number of amides is 1. The van der Waals surface area contributed by atoms with Gasteiger partial charge in [0.2, 0.25) is 5.91 Å². The smallest absolute Gasteiger partial charge is 0.220 e. The predicted octanol–water partition coefficient (Wildman–Crippen LogP) is 9.11. The molecular weight excluding hydrogens is 731 g/mol. The molecule has 1 rings (SSSR count). The van der Waals surface area contributed by atoms with Gasteiger partial charge in [0.1, 0.15) is 24.4 Å². The Kier molecular flexibility index (Phi) is 34.7. The molecule has 7 unspecified atom stereocenters. The van der Waals surface area contributed by atoms with Crippen LogP contribution in [-0.4, -0.2) is 87.5 Å². The van der Waals surface area contributed by atoms with Crippen LogP contribution in [0, 0.1) is 0 Å². The van der Waals surface area contributed by atoms with E-state index in [1.165, 1.54) is 0 Å². The van der Waals surface area contributed by atoms with Gasteiger partial charge in [0.05, 0.1) is 25.4 Å². The molecule has 0 aromatic heterocycles. The van der Waals surface area contributed by atoms with Crippen LogP contribution in [0.4, 0.5) is 0 Å². The summed E-state index contributed by atoms with van der Waals surface area (Å²) in [5.74, 6) is -0.214. The van der Waals surface area contributed by atoms with Crippen LogP contribution >= 0.6 is 0 Å². The highest BCUT2D eigenvalue weighted by atomic mass is 16.7. The van der Waals surface area contributed by atoms with Gasteiger partial charge in [0.25, 0.3) is 0 Å². The maximum Gasteiger partial charge on any atom is 0.220 e. The lowest BCUT2D eigenvalue weighted by atomic mass is 9.99. The molecule has 1 saturated heterocycles. The monoisotopic (exact) mass is 810 g/mol. The summed E-state index contributed by atoms with van der Waals surface area (Å²) in [6.45, 7) is 3.52. The zero-order valence-electron chi connectivity index (χ0n) is 35.7. The van der Waals surface area contributed by atoms with E-state index in [-0.39, 0.29) is 12.5 Å². The number of hydrogen-bond donors (Lipinski definition) is 6. The van der Waals surface area contributed by atoms with E-state index in [0.717, 1.165) is 116 Å². The van der Waals surface area contributed by atoms with E-state index in [0.29, 0.717) is 6.42 Å². The van der Waals surface area contributed by atoms with Crippen LogP contribution in [0.15, 0.2) is 109 Å². The van der Waals surface area contributed by atoms with Crippen LogP contribution in [0.5, 0.6) is 0 Å². The molecule has 9 nitrogen and oxygen atoms in total. The predicted molar refractivity (Wildman–Crippen MR) is 239 cm³/mol. The third-order valence-corrected chi connectivity index (χ3v) is 9.60. The Morgan fingerprint density at radius 3 is 1.57 bits per heavy atom. The van der Waals surface area contributed by atoms with Crippen molar-refractivity contribution in [1.29, 1.82) is 0 Å². The van der Waals surface area contributed by atoms with Gasteiger partial charge in [-0.25, -0.2) is 0 Å². The third kappa shape index (κ3) is 28.3. The quantitative estimate of drug-likeness (QED) is 0.0279. The molecule has 0 aliphatic carbocycles. The average Bonchev–Trinajstić information content (AvgIpc) is 3.22. The molecule has 58 heavy (non-hydrogen) atoms. The van der Waals surface area contributed by atoms with Gasteiger partial charge in [-0.2, -0.15) is 0 Å². The van der Waals surface area contributed by atoms with E-state index in [2.05, 4.69) is 116 Å². The number of ether oxygens (including phenoxy) is 2. The first-order valence-corrected chi connectivity index (χ1v) is 22.1. The van der Waals surface area contributed by atoms with Crippen molar-refractivity contribution in [2.24, 2.45) is 0 Å². The summed E-state index contributed by atoms with van der Waals surface area (Å²) in [4.78, 5) is 12.8. The summed E-state index contributed by atoms with van der Waals surface area (Å²) in [6, 6.07) is -0.823. The first kappa shape index (κ1) is 52.9. The fraction of sp³-hybridized carbons (Fsp3) is 0.612. The molecule has 0 aromatic rings. The summed E-state index contributed by atoms with van der Waals surface area (Å²) in [6.07, 6.45) is 48.8. The number of nitrogens with one attached hydrogen (secondary N) is 1. The minimum atomic E-state index is -1.58. The third-order valence-electron chi connectivity index (χ3n) is 9.60. The minimum Gasteiger partial charge on any atom is -0.394 e. The van der Waals surface area contributed by atoms with E-state index >= 15 is 0 Å². The Morgan fingerprint density at radius 1 is 0.603 bits per heavy atom. The Labute approximate surface area is 351 Å². The summed E-state index contributed by atoms with van der Waals surface area (Å²) >= 11 is 0. The van der Waals surface area contributed by atoms with Crippen LogP contribution in [0.1, 0.15) is 136 Å². The van der Waals surface area contributed by atoms with Crippen LogP contribution in [-0.2, 0) is 14.3 Å². The van der Waals surface area contributed by atoms with Gasteiger partial charge in [-0.15, -0.1) is 0 Å². The topological polar surface area (TPSA) is 149 Å². The second-order valence-corrected chi connectivity index (χ2v) is 14.8. The highest BCUT2D eigenvalue weighted by molar-refractivity contribution is 5.76. The molecular formula is C49H79NO8. The van der Waals surface area contributed by atoms with Crippen molar-refractivity contribution in [3.8, 4) is 0 Å². The number of carbonyl (C=O) groups is 1. The molecule has 1 fully saturated rings. The number of carbonyl (C=O) groups excluding carboxylic acids is 1. The first-order chi connectivity index (χ1) is 28.3. The summed E-state index contributed by atoms with van der Waals surface area (Å²) in [7, 11) is 0. The minimum absolute atomic E-state index is 0.209. The standard InChI is InChI=1S/C49H79NO8/c1-3-5-7-9-11-12-13-14-15-16-17-18-19-20-21-22-23-24-25-26-27-28-29-30-31-32-33-35-37-39-45(53)50-42(43(52)38-36-34-10-8-6-4-2)41-57-49-48(56)47(55)46(54)44(40-51)58-49/h5,7,11-12,14-15,17-18,20-21,23-24,26-27,29-30,36,38,42-44,46-49,51-52,54-56H,3-4,6,8-10,13,16,19,22,25,28,31-35,37,39-41H2,1-2H3,(H,50,53)/b7-5-,12-11-,15-14-,18-17-,21-20-,24-23-,27-26-,30-29-,38-36+. The second-order valence-electron chi connectivity index (χ2n) is 14.8. The molecule has 0 radical (unpaired) electrons. The molecule has 1 amide bonds. The normalized spacial score (nSPS) is 21.9. The van der Waals surface area contributed by atoms with Gasteiger partial charge < -0.3 is 40.3 Å². The largest absolute Gasteiger partial charge is 0.394 e. The van der Waals surface area contributed by atoms with E-state index in [9.17, 15) is 30.3 Å². The lowest BCUT2D eigenvalue weighted by Crippen LogP contribution is -2.60. The van der Waals surface area contributed by atoms with Crippen molar-refractivity contribution in [3.05, 3.63) is 109 Å². The molecule has 0 saturated carbocycles. The van der Waals surface area contributed by atoms with E-state index < -0.39 is 49.5 Å². The van der Waals surface area contributed by atoms with Crippen LogP contribution in [0.2, 0.25) is 0 Å². The fourth-order valence-corrected chi connectivity index (χ4v) is 6.05. The van der Waals surface area contributed by atoms with Gasteiger partial charge in [0.15, 0.2) is 6.29 Å². The molecule has 6 N–H and O–H groups in total. The number of hydrogen-bond acceptors (Lipinski definition) is 8. The number of aliphatic hydroxyl groups excluding tert-OH is 5. The molecule has 328 valence electrons. The number of allylic oxidation sites excluding steroid dienone is 17. The second kappa shape index (κ2) is 38.1. The van der Waals surface area contributed by atoms with E-state index in [4.69, 9.17) is 9.47 Å². The Hall–Kier alpha value is -3.15. The summed E-state index contributed by atoms with van der Waals surface area (Å²) in [5.41, 5.74) is 0. The molecule has 1 aliphatic rings. The van der Waals surface area contributed by atoms with Crippen molar-refractivity contribution in [2.75, 3.05) is 13.2 Å². The number of aliphatic hydroxyl groups is 5. The number of rotatable bonds is 34. The van der Waals surface area contributed by atoms with Crippen molar-refractivity contribution in [2.45, 2.75) is 179 Å². The number of unbranched alkanes of at least 4 members (excludes halogenated alkanes) is 8. The van der Waals surface area contributed by atoms with Crippen LogP contribution in [0.25, 0.3) is 0 Å². The molecule has 0 spiro atoms. The summed E-state index contributed by atoms with van der Waals surface area (Å²) in [5, 5.41) is 53.7. The van der Waals surface area contributed by atoms with Gasteiger partial charge in [-0.05, 0) is 83.5 Å². The highest BCUT2D eigenvalue weighted by Crippen LogP contribution is 2.22. The van der Waals surface area contributed by atoms with Gasteiger partial charge in [-0.3, -0.25) is 4.79 Å². The van der Waals surface area contributed by atoms with Crippen molar-refractivity contribution < 1.29 is 39.8 Å². The van der Waals surface area contributed by atoms with Crippen molar-refractivity contribution in [3.63, 3.8) is 0 Å². The highest BCUT2D eigenvalue weighted by Gasteiger charge is 2.44. The maximum atomic E-state index is 12.8. The SMILES string of the molecule is CC/C=C\C/C=C\C/C=C\C/C=C\C/C=C\C/C=C\C/C=C\C/C=C\CCCCCCC(=O)NC(COC1OC(CO)C(O)C(O)C1O)C(O)/C=C/CCCCCC. The van der Waals surface area contributed by atoms with E-state index in [1.807, 2.05) is 6.08 Å². The lowest BCUT2D eigenvalue weighted by molar-refractivity contribution is -0.302. The molecule has 9 heteroatoms. The van der Waals surface area contributed by atoms with Crippen molar-refractivity contribution in [1.82, 2.24) is 5.32 Å². The van der Waals surface area contributed by atoms with Crippen molar-refractivity contribution >= 4 is 5.91 Å². The zero-order valence-corrected chi connectivity index (χ0v) is 35.7. The lowest BCUT2D eigenvalue weighted by Gasteiger charge is -2.40. The van der Waals surface area contributed by atoms with Gasteiger partial charge >= 0.3 is 0 Å². The molecule has 7 atom stereocenters. The first-order valence-electron chi connectivity index (χ1n) is 22.1. The summed E-state index contributed by atoms with van der Waals surface area (Å²) < 4.78 is 11.1. The Balaban J connectivity index is 2.24. The van der Waals surface area contributed by atoms with E-state index in [1.54, 1.807) is 6.08 Å². The fourth-order valence-electron chi connectivity index (χ4n) is 6.05. The molecule has 0 bridgehead atoms. The maximum absolute atomic E-state index is 12.8. The van der Waals surface area contributed by atoms with Gasteiger partial charge in [-0.1, -0.05) is 155 Å². The Morgan fingerprint density at radius 2 is 1.07 bits per heavy atom. The zero-order chi connectivity index (χ0) is 42.3. The van der Waals surface area contributed by atoms with Crippen LogP contribution in [0.3, 0.4) is 0 Å². The molecule has 1 aliphatic heterocycles. The van der Waals surface area contributed by atoms with Gasteiger partial charge in [0, 0.05) is 6.42 Å². The average molecular weight is 810 g/mol. The van der Waals surface area contributed by atoms with Crippen LogP contribution < -0.4 is 5.32 Å². The Bertz CT molecular complexity index is 1260. The molecule has 1 heterocycles.